The van der Waals surface area contributed by atoms with E-state index in [1.807, 2.05) is 39.5 Å². The molecule has 0 saturated heterocycles. The zero-order valence-electron chi connectivity index (χ0n) is 13.3. The Labute approximate surface area is 126 Å². The lowest BCUT2D eigenvalue weighted by molar-refractivity contribution is 0.0696. The molecule has 5 heteroatoms. The van der Waals surface area contributed by atoms with Gasteiger partial charge in [-0.05, 0) is 26.0 Å². The van der Waals surface area contributed by atoms with Crippen LogP contribution in [0.1, 0.15) is 50.7 Å². The van der Waals surface area contributed by atoms with Crippen molar-refractivity contribution < 1.29 is 9.90 Å². The Morgan fingerprint density at radius 3 is 2.52 bits per heavy atom. The number of nitriles is 1. The Balaban J connectivity index is 3.30. The first kappa shape index (κ1) is 17.0. The minimum absolute atomic E-state index is 0.140. The number of pyridine rings is 1. The highest BCUT2D eigenvalue weighted by Crippen LogP contribution is 2.25. The molecule has 1 N–H and O–H groups in total. The van der Waals surface area contributed by atoms with Crippen LogP contribution in [-0.4, -0.2) is 29.1 Å². The fourth-order valence-corrected chi connectivity index (χ4v) is 1.94. The predicted octanol–water partition coefficient (Wildman–Crippen LogP) is 3.06. The van der Waals surface area contributed by atoms with Gasteiger partial charge in [0.15, 0.2) is 0 Å². The highest BCUT2D eigenvalue weighted by molar-refractivity contribution is 5.88. The molecule has 1 heterocycles. The molecule has 0 aromatic carbocycles. The number of hydrogen-bond donors (Lipinski definition) is 1. The first-order valence-corrected chi connectivity index (χ1v) is 7.09. The first-order valence-electron chi connectivity index (χ1n) is 7.09. The van der Waals surface area contributed by atoms with E-state index in [0.717, 1.165) is 5.69 Å². The third-order valence-corrected chi connectivity index (χ3v) is 3.25. The van der Waals surface area contributed by atoms with Gasteiger partial charge in [0.1, 0.15) is 5.82 Å². The fourth-order valence-electron chi connectivity index (χ4n) is 1.94. The van der Waals surface area contributed by atoms with Gasteiger partial charge in [0, 0.05) is 24.2 Å². The van der Waals surface area contributed by atoms with Crippen LogP contribution in [0.3, 0.4) is 0 Å². The Hall–Kier alpha value is -2.09. The molecule has 0 radical (unpaired) electrons. The second-order valence-corrected chi connectivity index (χ2v) is 6.22. The molecule has 0 bridgehead atoms. The number of aromatic carboxylic acids is 1. The Kier molecular flexibility index (Phi) is 5.31. The summed E-state index contributed by atoms with van der Waals surface area (Å²) >= 11 is 0. The van der Waals surface area contributed by atoms with Gasteiger partial charge in [-0.1, -0.05) is 20.8 Å². The molecule has 1 atom stereocenters. The smallest absolute Gasteiger partial charge is 0.335 e. The minimum atomic E-state index is -0.964. The lowest BCUT2D eigenvalue weighted by atomic mass is 9.90. The van der Waals surface area contributed by atoms with E-state index in [1.54, 1.807) is 12.1 Å². The van der Waals surface area contributed by atoms with E-state index in [1.165, 1.54) is 0 Å². The van der Waals surface area contributed by atoms with E-state index < -0.39 is 5.97 Å². The van der Waals surface area contributed by atoms with Crippen molar-refractivity contribution in [3.8, 4) is 6.07 Å². The van der Waals surface area contributed by atoms with Gasteiger partial charge in [0.05, 0.1) is 17.6 Å². The van der Waals surface area contributed by atoms with E-state index >= 15 is 0 Å². The molecule has 21 heavy (non-hydrogen) atoms. The quantitative estimate of drug-likeness (QED) is 0.901. The van der Waals surface area contributed by atoms with Gasteiger partial charge in [0.25, 0.3) is 0 Å². The Morgan fingerprint density at radius 1 is 1.48 bits per heavy atom. The number of carbonyl (C=O) groups is 1. The van der Waals surface area contributed by atoms with Crippen LogP contribution in [-0.2, 0) is 5.41 Å². The number of nitrogens with zero attached hydrogens (tertiary/aromatic N) is 3. The molecule has 114 valence electrons. The van der Waals surface area contributed by atoms with Crippen molar-refractivity contribution in [1.29, 1.82) is 5.26 Å². The van der Waals surface area contributed by atoms with Crippen LogP contribution in [0.5, 0.6) is 0 Å². The standard InChI is InChI=1S/C16H23N3O2/c1-6-19(10-11(2)9-17)14-8-12(15(20)21)7-13(18-14)16(3,4)5/h7-8,11H,6,10H2,1-5H3,(H,20,21). The van der Waals surface area contributed by atoms with Crippen LogP contribution in [0.4, 0.5) is 5.82 Å². The summed E-state index contributed by atoms with van der Waals surface area (Å²) in [6.45, 7) is 11.0. The highest BCUT2D eigenvalue weighted by Gasteiger charge is 2.21. The normalized spacial score (nSPS) is 12.6. The van der Waals surface area contributed by atoms with Crippen LogP contribution in [0, 0.1) is 17.2 Å². The molecule has 1 aromatic heterocycles. The molecule has 0 spiro atoms. The highest BCUT2D eigenvalue weighted by atomic mass is 16.4. The largest absolute Gasteiger partial charge is 0.478 e. The third kappa shape index (κ3) is 4.45. The molecule has 1 unspecified atom stereocenters. The van der Waals surface area contributed by atoms with E-state index in [-0.39, 0.29) is 16.9 Å². The maximum atomic E-state index is 11.3. The average molecular weight is 289 g/mol. The van der Waals surface area contributed by atoms with Gasteiger partial charge >= 0.3 is 5.97 Å². The summed E-state index contributed by atoms with van der Waals surface area (Å²) in [7, 11) is 0. The van der Waals surface area contributed by atoms with Crippen molar-refractivity contribution in [1.82, 2.24) is 4.98 Å². The number of carboxylic acid groups (broad SMARTS) is 1. The zero-order valence-corrected chi connectivity index (χ0v) is 13.3. The van der Waals surface area contributed by atoms with E-state index in [4.69, 9.17) is 5.26 Å². The summed E-state index contributed by atoms with van der Waals surface area (Å²) in [5, 5.41) is 18.2. The van der Waals surface area contributed by atoms with Gasteiger partial charge < -0.3 is 10.0 Å². The molecular weight excluding hydrogens is 266 g/mol. The molecule has 0 amide bonds. The Morgan fingerprint density at radius 2 is 2.10 bits per heavy atom. The summed E-state index contributed by atoms with van der Waals surface area (Å²) in [6.07, 6.45) is 0. The molecule has 0 aliphatic heterocycles. The van der Waals surface area contributed by atoms with Crippen LogP contribution in [0.2, 0.25) is 0 Å². The number of anilines is 1. The molecular formula is C16H23N3O2. The lowest BCUT2D eigenvalue weighted by Crippen LogP contribution is -2.30. The van der Waals surface area contributed by atoms with Crippen LogP contribution >= 0.6 is 0 Å². The average Bonchev–Trinajstić information content (AvgIpc) is 2.42. The maximum absolute atomic E-state index is 11.3. The zero-order chi connectivity index (χ0) is 16.2. The van der Waals surface area contributed by atoms with Crippen LogP contribution < -0.4 is 4.90 Å². The molecule has 0 fully saturated rings. The fraction of sp³-hybridized carbons (Fsp3) is 0.562. The summed E-state index contributed by atoms with van der Waals surface area (Å²) in [5.74, 6) is -0.490. The first-order chi connectivity index (χ1) is 9.68. The molecule has 5 nitrogen and oxygen atoms in total. The minimum Gasteiger partial charge on any atom is -0.478 e. The predicted molar refractivity (Wildman–Crippen MR) is 82.6 cm³/mol. The van der Waals surface area contributed by atoms with Crippen LogP contribution in [0.15, 0.2) is 12.1 Å². The number of aromatic nitrogens is 1. The molecule has 0 aliphatic carbocycles. The van der Waals surface area contributed by atoms with Crippen LogP contribution in [0.25, 0.3) is 0 Å². The molecule has 0 aliphatic rings. The second-order valence-electron chi connectivity index (χ2n) is 6.22. The molecule has 1 rings (SSSR count). The molecule has 0 saturated carbocycles. The third-order valence-electron chi connectivity index (χ3n) is 3.25. The lowest BCUT2D eigenvalue weighted by Gasteiger charge is -2.26. The van der Waals surface area contributed by atoms with E-state index in [2.05, 4.69) is 11.1 Å². The summed E-state index contributed by atoms with van der Waals surface area (Å²) in [4.78, 5) is 17.9. The summed E-state index contributed by atoms with van der Waals surface area (Å²) in [6, 6.07) is 5.39. The topological polar surface area (TPSA) is 77.2 Å². The number of hydrogen-bond acceptors (Lipinski definition) is 4. The van der Waals surface area contributed by atoms with E-state index in [9.17, 15) is 9.90 Å². The van der Waals surface area contributed by atoms with Crippen molar-refractivity contribution in [3.63, 3.8) is 0 Å². The summed E-state index contributed by atoms with van der Waals surface area (Å²) in [5.41, 5.74) is 0.731. The van der Waals surface area contributed by atoms with Crippen molar-refractivity contribution in [2.45, 2.75) is 40.0 Å². The van der Waals surface area contributed by atoms with Gasteiger partial charge in [0.2, 0.25) is 0 Å². The van der Waals surface area contributed by atoms with Gasteiger partial charge in [-0.15, -0.1) is 0 Å². The van der Waals surface area contributed by atoms with Gasteiger partial charge in [-0.25, -0.2) is 9.78 Å². The van der Waals surface area contributed by atoms with Gasteiger partial charge in [-0.3, -0.25) is 0 Å². The maximum Gasteiger partial charge on any atom is 0.335 e. The molecule has 1 aromatic rings. The number of carboxylic acids is 1. The van der Waals surface area contributed by atoms with Crippen molar-refractivity contribution in [2.75, 3.05) is 18.0 Å². The second kappa shape index (κ2) is 6.57. The Bertz CT molecular complexity index is 556. The van der Waals surface area contributed by atoms with Crippen molar-refractivity contribution in [3.05, 3.63) is 23.4 Å². The van der Waals surface area contributed by atoms with E-state index in [0.29, 0.717) is 18.9 Å². The number of rotatable bonds is 5. The van der Waals surface area contributed by atoms with Gasteiger partial charge in [-0.2, -0.15) is 5.26 Å². The van der Waals surface area contributed by atoms with Crippen molar-refractivity contribution in [2.24, 2.45) is 5.92 Å². The summed E-state index contributed by atoms with van der Waals surface area (Å²) < 4.78 is 0. The SMILES string of the molecule is CCN(CC(C)C#N)c1cc(C(=O)O)cc(C(C)(C)C)n1. The van der Waals surface area contributed by atoms with Crippen molar-refractivity contribution >= 4 is 11.8 Å². The monoisotopic (exact) mass is 289 g/mol.